The Morgan fingerprint density at radius 2 is 0.911 bits per heavy atom. The van der Waals surface area contributed by atoms with Gasteiger partial charge in [-0.2, -0.15) is 59.7 Å². The van der Waals surface area contributed by atoms with E-state index in [1.165, 1.54) is 78.3 Å². The Labute approximate surface area is 300 Å². The van der Waals surface area contributed by atoms with Crippen LogP contribution in [0.1, 0.15) is 38.8 Å². The fraction of sp³-hybridized carbons (Fsp3) is 0.146. The summed E-state index contributed by atoms with van der Waals surface area (Å²) in [5, 5.41) is 5.27. The van der Waals surface area contributed by atoms with Crippen molar-refractivity contribution in [3.05, 3.63) is 175 Å². The van der Waals surface area contributed by atoms with E-state index < -0.39 is 0 Å². The van der Waals surface area contributed by atoms with Crippen molar-refractivity contribution < 1.29 is 23.3 Å². The number of rotatable bonds is 2. The molecule has 2 unspecified atom stereocenters. The Bertz CT molecular complexity index is 1620. The second-order valence-electron chi connectivity index (χ2n) is 10.4. The van der Waals surface area contributed by atoms with Gasteiger partial charge in [0.05, 0.1) is 0 Å². The van der Waals surface area contributed by atoms with Crippen LogP contribution in [0.5, 0.6) is 0 Å². The van der Waals surface area contributed by atoms with Crippen molar-refractivity contribution in [2.24, 2.45) is 11.8 Å². The molecular weight excluding hydrogens is 683 g/mol. The van der Waals surface area contributed by atoms with E-state index in [2.05, 4.69) is 150 Å². The minimum absolute atomic E-state index is 0. The summed E-state index contributed by atoms with van der Waals surface area (Å²) in [6.45, 7) is 11.7. The zero-order chi connectivity index (χ0) is 29.9. The van der Waals surface area contributed by atoms with Crippen molar-refractivity contribution in [3.8, 4) is 0 Å². The Hall–Kier alpha value is -2.74. The minimum Gasteiger partial charge on any atom is -0.184 e. The molecular formula is C41H40Cl2SiZr-4. The number of allylic oxidation sites excluding steroid dienone is 8. The molecule has 0 nitrogen and oxygen atoms in total. The van der Waals surface area contributed by atoms with Crippen molar-refractivity contribution in [1.82, 2.24) is 0 Å². The number of fused-ring (bicyclic) bond motifs is 2. The van der Waals surface area contributed by atoms with Crippen molar-refractivity contribution >= 4 is 64.4 Å². The Morgan fingerprint density at radius 1 is 0.533 bits per heavy atom. The Morgan fingerprint density at radius 3 is 1.22 bits per heavy atom. The van der Waals surface area contributed by atoms with E-state index in [4.69, 9.17) is 0 Å². The van der Waals surface area contributed by atoms with Crippen LogP contribution in [0.25, 0.3) is 32.7 Å². The van der Waals surface area contributed by atoms with Crippen molar-refractivity contribution in [2.75, 3.05) is 0 Å². The summed E-state index contributed by atoms with van der Waals surface area (Å²) < 4.78 is 0. The molecule has 5 aromatic carbocycles. The van der Waals surface area contributed by atoms with Crippen LogP contribution >= 0.6 is 24.8 Å². The van der Waals surface area contributed by atoms with Gasteiger partial charge in [0.25, 0.3) is 0 Å². The minimum atomic E-state index is 0. The van der Waals surface area contributed by atoms with E-state index in [1.807, 2.05) is 30.3 Å². The average Bonchev–Trinajstić information content (AvgIpc) is 3.57. The first-order valence-electron chi connectivity index (χ1n) is 14.3. The molecule has 0 aromatic heterocycles. The zero-order valence-corrected chi connectivity index (χ0v) is 31.7. The normalized spacial score (nSPS) is 15.7. The third-order valence-corrected chi connectivity index (χ3v) is 7.30. The van der Waals surface area contributed by atoms with E-state index in [1.54, 1.807) is 0 Å². The molecule has 2 atom stereocenters. The van der Waals surface area contributed by atoms with Crippen LogP contribution in [0.3, 0.4) is 0 Å². The van der Waals surface area contributed by atoms with Crippen LogP contribution in [0.2, 0.25) is 0 Å². The van der Waals surface area contributed by atoms with E-state index in [0.29, 0.717) is 11.8 Å². The van der Waals surface area contributed by atoms with Gasteiger partial charge in [0, 0.05) is 0 Å². The quantitative estimate of drug-likeness (QED) is 0.126. The molecule has 0 heterocycles. The first-order valence-corrected chi connectivity index (χ1v) is 18.5. The molecule has 0 spiro atoms. The summed E-state index contributed by atoms with van der Waals surface area (Å²) >= 11 is 1.36. The maximum Gasteiger partial charge on any atom is -0.171 e. The predicted molar refractivity (Wildman–Crippen MR) is 199 cm³/mol. The van der Waals surface area contributed by atoms with E-state index >= 15 is 0 Å². The SMILES string of the molecule is CC1=[C-]C(C)C=C1c1cccc2ccccc12.CC1=[C-]C(C)C=C1c1cccc2ccccc12.Cl.Cl.[CH3-].[Si]=[Zr].[c-]1ccccc1. The summed E-state index contributed by atoms with van der Waals surface area (Å²) in [5.74, 6) is 0.868. The molecule has 5 aromatic rings. The molecule has 0 N–H and O–H groups in total. The molecule has 2 aliphatic rings. The van der Waals surface area contributed by atoms with Crippen LogP contribution in [-0.2, 0) is 23.3 Å². The van der Waals surface area contributed by atoms with Gasteiger partial charge in [-0.1, -0.05) is 136 Å². The number of benzene rings is 5. The van der Waals surface area contributed by atoms with Gasteiger partial charge in [-0.3, -0.25) is 12.2 Å². The zero-order valence-electron chi connectivity index (χ0n) is 26.6. The first-order chi connectivity index (χ1) is 20.5. The summed E-state index contributed by atoms with van der Waals surface area (Å²) in [7, 11) is 0. The maximum atomic E-state index is 3.45. The van der Waals surface area contributed by atoms with Gasteiger partial charge in [0.2, 0.25) is 0 Å². The fourth-order valence-corrected chi connectivity index (χ4v) is 5.52. The summed E-state index contributed by atoms with van der Waals surface area (Å²) in [4.78, 5) is 0. The molecule has 0 amide bonds. The van der Waals surface area contributed by atoms with Crippen molar-refractivity contribution in [1.29, 1.82) is 0 Å². The van der Waals surface area contributed by atoms with Crippen LogP contribution in [0.4, 0.5) is 0 Å². The fourth-order valence-electron chi connectivity index (χ4n) is 5.52. The predicted octanol–water partition coefficient (Wildman–Crippen LogP) is 11.6. The topological polar surface area (TPSA) is 0 Å². The smallest absolute Gasteiger partial charge is 0.171 e. The number of halogens is 2. The number of hydrogen-bond donors (Lipinski definition) is 0. The maximum absolute atomic E-state index is 3.45. The molecule has 2 aliphatic carbocycles. The van der Waals surface area contributed by atoms with E-state index in [0.717, 1.165) is 0 Å². The molecule has 0 fully saturated rings. The Kier molecular flexibility index (Phi) is 18.3. The third kappa shape index (κ3) is 10.7. The van der Waals surface area contributed by atoms with Crippen molar-refractivity contribution in [3.63, 3.8) is 0 Å². The summed E-state index contributed by atoms with van der Waals surface area (Å²) in [6, 6.07) is 42.6. The summed E-state index contributed by atoms with van der Waals surface area (Å²) in [5.41, 5.74) is 7.89. The third-order valence-electron chi connectivity index (χ3n) is 7.30. The van der Waals surface area contributed by atoms with Gasteiger partial charge in [0.15, 0.2) is 0 Å². The molecule has 45 heavy (non-hydrogen) atoms. The summed E-state index contributed by atoms with van der Waals surface area (Å²) in [6.07, 6.45) is 11.5. The standard InChI is InChI=1S/2C17H15.C6H5.CH3.2ClH.Si.Zr/c2*1-12-10-13(2)17(11-12)16-9-5-7-14-6-3-4-8-15(14)16;1-2-4-6-5-3-1;;;;;/h2*3-9,11-12H,1-2H3;1-5H;1H3;2*1H;;/q4*-1;;;;. The van der Waals surface area contributed by atoms with Gasteiger partial charge < -0.3 is 7.43 Å². The van der Waals surface area contributed by atoms with Gasteiger partial charge in [0.1, 0.15) is 0 Å². The largest absolute Gasteiger partial charge is 0.184 e. The average molecular weight is 723 g/mol. The molecule has 7 rings (SSSR count). The van der Waals surface area contributed by atoms with Gasteiger partial charge in [-0.05, 0) is 21.5 Å². The van der Waals surface area contributed by atoms with Gasteiger partial charge in [-0.25, -0.2) is 11.1 Å². The van der Waals surface area contributed by atoms with Gasteiger partial charge >= 0.3 is 30.2 Å². The monoisotopic (exact) mass is 720 g/mol. The molecule has 0 saturated heterocycles. The van der Waals surface area contributed by atoms with Crippen LogP contribution in [-0.4, -0.2) is 6.88 Å². The van der Waals surface area contributed by atoms with Crippen molar-refractivity contribution in [2.45, 2.75) is 27.7 Å². The Balaban J connectivity index is 0.000000345. The number of hydrogen-bond acceptors (Lipinski definition) is 0. The molecule has 0 bridgehead atoms. The molecule has 0 aliphatic heterocycles. The first kappa shape index (κ1) is 40.3. The molecule has 0 saturated carbocycles. The second kappa shape index (κ2) is 20.4. The van der Waals surface area contributed by atoms with Gasteiger partial charge in [-0.15, -0.1) is 24.8 Å². The van der Waals surface area contributed by atoms with E-state index in [-0.39, 0.29) is 32.2 Å². The molecule has 230 valence electrons. The van der Waals surface area contributed by atoms with Crippen LogP contribution in [0, 0.1) is 37.5 Å². The molecule has 2 radical (unpaired) electrons. The van der Waals surface area contributed by atoms with E-state index in [9.17, 15) is 0 Å². The molecule has 4 heteroatoms. The second-order valence-corrected chi connectivity index (χ2v) is 10.4. The van der Waals surface area contributed by atoms with Crippen LogP contribution in [0.15, 0.2) is 139 Å². The van der Waals surface area contributed by atoms with Crippen LogP contribution < -0.4 is 0 Å².